The van der Waals surface area contributed by atoms with E-state index in [2.05, 4.69) is 25.7 Å². The number of hydrogen-bond acceptors (Lipinski definition) is 7. The van der Waals surface area contributed by atoms with Crippen molar-refractivity contribution in [3.63, 3.8) is 0 Å². The summed E-state index contributed by atoms with van der Waals surface area (Å²) in [6, 6.07) is -0.241. The van der Waals surface area contributed by atoms with Gasteiger partial charge in [0.15, 0.2) is 5.82 Å². The predicted molar refractivity (Wildman–Crippen MR) is 91.5 cm³/mol. The molecular weight excluding hydrogens is 346 g/mol. The Balaban J connectivity index is 1.55. The third-order valence-corrected chi connectivity index (χ3v) is 4.89. The molecule has 4 N–H and O–H groups in total. The molecule has 2 aliphatic heterocycles. The molecule has 0 spiro atoms. The van der Waals surface area contributed by atoms with Crippen molar-refractivity contribution >= 4 is 35.0 Å². The molecule has 2 saturated heterocycles. The Morgan fingerprint density at radius 2 is 2.20 bits per heavy atom. The Morgan fingerprint density at radius 3 is 2.92 bits per heavy atom. The zero-order valence-corrected chi connectivity index (χ0v) is 14.3. The van der Waals surface area contributed by atoms with Gasteiger partial charge in [-0.05, 0) is 12.8 Å². The number of amides is 1. The lowest BCUT2D eigenvalue weighted by Gasteiger charge is -2.27. The molecule has 2 aromatic rings. The lowest BCUT2D eigenvalue weighted by atomic mass is 9.84. The molecule has 25 heavy (non-hydrogen) atoms. The minimum absolute atomic E-state index is 0.0664. The molecule has 0 saturated carbocycles. The summed E-state index contributed by atoms with van der Waals surface area (Å²) in [6.45, 7) is 0. The molecule has 4 heterocycles. The van der Waals surface area contributed by atoms with Crippen LogP contribution in [-0.4, -0.2) is 43.9 Å². The van der Waals surface area contributed by atoms with Crippen LogP contribution in [0.4, 0.5) is 17.5 Å². The quantitative estimate of drug-likeness (QED) is 0.726. The van der Waals surface area contributed by atoms with E-state index in [1.165, 1.54) is 6.20 Å². The van der Waals surface area contributed by atoms with E-state index in [1.807, 2.05) is 7.05 Å². The van der Waals surface area contributed by atoms with Crippen LogP contribution in [0, 0.1) is 5.92 Å². The SMILES string of the molecule is Cn1cc(Nc2ncc(Cl)c(N[C@@H]3[C@H](C(N)=O)[C@H]4CC[C@@H]3O4)n2)cn1. The summed E-state index contributed by atoms with van der Waals surface area (Å²) in [5.41, 5.74) is 6.31. The van der Waals surface area contributed by atoms with Crippen molar-refractivity contribution in [3.8, 4) is 0 Å². The van der Waals surface area contributed by atoms with E-state index in [1.54, 1.807) is 17.1 Å². The molecule has 2 fully saturated rings. The highest BCUT2D eigenvalue weighted by atomic mass is 35.5. The number of carbonyl (C=O) groups is 1. The molecule has 2 aromatic heterocycles. The number of nitrogens with zero attached hydrogens (tertiary/aromatic N) is 4. The van der Waals surface area contributed by atoms with Gasteiger partial charge < -0.3 is 21.1 Å². The zero-order valence-electron chi connectivity index (χ0n) is 13.5. The number of rotatable bonds is 5. The molecule has 4 rings (SSSR count). The van der Waals surface area contributed by atoms with Crippen molar-refractivity contribution in [2.75, 3.05) is 10.6 Å². The lowest BCUT2D eigenvalue weighted by Crippen LogP contribution is -2.45. The van der Waals surface area contributed by atoms with E-state index in [9.17, 15) is 4.79 Å². The maximum absolute atomic E-state index is 11.8. The van der Waals surface area contributed by atoms with E-state index in [4.69, 9.17) is 22.1 Å². The second-order valence-electron chi connectivity index (χ2n) is 6.31. The van der Waals surface area contributed by atoms with Gasteiger partial charge in [0.25, 0.3) is 0 Å². The summed E-state index contributed by atoms with van der Waals surface area (Å²) in [5, 5.41) is 10.7. The van der Waals surface area contributed by atoms with Gasteiger partial charge in [0, 0.05) is 13.2 Å². The summed E-state index contributed by atoms with van der Waals surface area (Å²) in [6.07, 6.45) is 6.51. The van der Waals surface area contributed by atoms with Crippen molar-refractivity contribution in [1.82, 2.24) is 19.7 Å². The van der Waals surface area contributed by atoms with Crippen molar-refractivity contribution in [1.29, 1.82) is 0 Å². The first kappa shape index (κ1) is 16.1. The van der Waals surface area contributed by atoms with Gasteiger partial charge >= 0.3 is 0 Å². The molecular formula is C15H18ClN7O2. The Kier molecular flexibility index (Phi) is 3.97. The molecule has 0 aromatic carbocycles. The number of aryl methyl sites for hydroxylation is 1. The van der Waals surface area contributed by atoms with E-state index >= 15 is 0 Å². The Bertz CT molecular complexity index is 811. The van der Waals surface area contributed by atoms with E-state index in [0.29, 0.717) is 16.8 Å². The van der Waals surface area contributed by atoms with Crippen LogP contribution in [-0.2, 0) is 16.6 Å². The first-order valence-corrected chi connectivity index (χ1v) is 8.38. The van der Waals surface area contributed by atoms with Gasteiger partial charge in [-0.2, -0.15) is 10.1 Å². The fourth-order valence-corrected chi connectivity index (χ4v) is 3.67. The molecule has 2 bridgehead atoms. The maximum atomic E-state index is 11.8. The second kappa shape index (κ2) is 6.16. The standard InChI is InChI=1S/C15H18ClN7O2/c1-23-6-7(4-19-23)20-15-18-5-8(16)14(22-15)21-12-10-3-2-9(25-10)11(12)13(17)24/h4-6,9-12H,2-3H2,1H3,(H2,17,24)(H2,18,20,21,22)/t9-,10+,11-,12+/m1/s1. The van der Waals surface area contributed by atoms with E-state index < -0.39 is 0 Å². The molecule has 0 aliphatic carbocycles. The van der Waals surface area contributed by atoms with Crippen molar-refractivity contribution in [2.24, 2.45) is 18.7 Å². The van der Waals surface area contributed by atoms with Crippen molar-refractivity contribution in [3.05, 3.63) is 23.6 Å². The maximum Gasteiger partial charge on any atom is 0.229 e. The highest BCUT2D eigenvalue weighted by molar-refractivity contribution is 6.32. The Hall–Kier alpha value is -2.39. The molecule has 0 radical (unpaired) electrons. The molecule has 4 atom stereocenters. The number of nitrogens with two attached hydrogens (primary N) is 1. The normalized spacial score (nSPS) is 27.4. The van der Waals surface area contributed by atoms with Crippen LogP contribution in [0.1, 0.15) is 12.8 Å². The summed E-state index contributed by atoms with van der Waals surface area (Å²) in [7, 11) is 1.82. The number of aromatic nitrogens is 4. The molecule has 10 heteroatoms. The molecule has 132 valence electrons. The number of primary amides is 1. The molecule has 2 aliphatic rings. The molecule has 9 nitrogen and oxygen atoms in total. The number of halogens is 1. The number of nitrogens with one attached hydrogen (secondary N) is 2. The van der Waals surface area contributed by atoms with Crippen LogP contribution in [0.2, 0.25) is 5.02 Å². The number of hydrogen-bond donors (Lipinski definition) is 3. The average molecular weight is 364 g/mol. The largest absolute Gasteiger partial charge is 0.372 e. The smallest absolute Gasteiger partial charge is 0.229 e. The fraction of sp³-hybridized carbons (Fsp3) is 0.467. The first-order chi connectivity index (χ1) is 12.0. The van der Waals surface area contributed by atoms with Crippen LogP contribution in [0.5, 0.6) is 0 Å². The van der Waals surface area contributed by atoms with Gasteiger partial charge in [-0.25, -0.2) is 4.98 Å². The van der Waals surface area contributed by atoms with Crippen LogP contribution in [0.3, 0.4) is 0 Å². The topological polar surface area (TPSA) is 120 Å². The predicted octanol–water partition coefficient (Wildman–Crippen LogP) is 1.05. The van der Waals surface area contributed by atoms with Crippen LogP contribution < -0.4 is 16.4 Å². The lowest BCUT2D eigenvalue weighted by molar-refractivity contribution is -0.123. The minimum atomic E-state index is -0.389. The van der Waals surface area contributed by atoms with Gasteiger partial charge in [-0.1, -0.05) is 11.6 Å². The Labute approximate surface area is 148 Å². The summed E-state index contributed by atoms with van der Waals surface area (Å²) in [4.78, 5) is 20.4. The average Bonchev–Trinajstić information content (AvgIpc) is 3.26. The minimum Gasteiger partial charge on any atom is -0.372 e. The zero-order chi connectivity index (χ0) is 17.6. The van der Waals surface area contributed by atoms with Crippen LogP contribution in [0.25, 0.3) is 0 Å². The number of carbonyl (C=O) groups excluding carboxylic acids is 1. The van der Waals surface area contributed by atoms with Gasteiger partial charge in [0.2, 0.25) is 11.9 Å². The number of ether oxygens (including phenoxy) is 1. The third kappa shape index (κ3) is 3.00. The number of anilines is 3. The van der Waals surface area contributed by atoms with Gasteiger partial charge in [-0.3, -0.25) is 9.48 Å². The van der Waals surface area contributed by atoms with Crippen molar-refractivity contribution in [2.45, 2.75) is 31.1 Å². The second-order valence-corrected chi connectivity index (χ2v) is 6.71. The first-order valence-electron chi connectivity index (χ1n) is 8.01. The fourth-order valence-electron chi connectivity index (χ4n) is 3.52. The van der Waals surface area contributed by atoms with Gasteiger partial charge in [-0.15, -0.1) is 0 Å². The van der Waals surface area contributed by atoms with E-state index in [-0.39, 0.29) is 30.1 Å². The highest BCUT2D eigenvalue weighted by Crippen LogP contribution is 2.41. The third-order valence-electron chi connectivity index (χ3n) is 4.61. The van der Waals surface area contributed by atoms with E-state index in [0.717, 1.165) is 18.5 Å². The monoisotopic (exact) mass is 363 g/mol. The van der Waals surface area contributed by atoms with Gasteiger partial charge in [0.1, 0.15) is 5.02 Å². The summed E-state index contributed by atoms with van der Waals surface area (Å²) >= 11 is 6.22. The summed E-state index contributed by atoms with van der Waals surface area (Å²) in [5.74, 6) is 0.0539. The number of fused-ring (bicyclic) bond motifs is 2. The molecule has 0 unspecified atom stereocenters. The Morgan fingerprint density at radius 1 is 1.40 bits per heavy atom. The molecule has 1 amide bonds. The van der Waals surface area contributed by atoms with Crippen molar-refractivity contribution < 1.29 is 9.53 Å². The summed E-state index contributed by atoms with van der Waals surface area (Å²) < 4.78 is 7.49. The van der Waals surface area contributed by atoms with Crippen LogP contribution >= 0.6 is 11.6 Å². The van der Waals surface area contributed by atoms with Crippen LogP contribution in [0.15, 0.2) is 18.6 Å². The van der Waals surface area contributed by atoms with Gasteiger partial charge in [0.05, 0.1) is 42.2 Å². The highest BCUT2D eigenvalue weighted by Gasteiger charge is 2.52.